The number of aliphatic hydroxyl groups is 1. The number of aliphatic hydroxyl groups excluding tert-OH is 1. The first-order valence-corrected chi connectivity index (χ1v) is 7.23. The van der Waals surface area contributed by atoms with Crippen molar-refractivity contribution < 1.29 is 10.0 Å². The van der Waals surface area contributed by atoms with Gasteiger partial charge in [-0.3, -0.25) is 4.57 Å². The maximum absolute atomic E-state index is 9.58. The lowest BCUT2D eigenvalue weighted by atomic mass is 10.1. The van der Waals surface area contributed by atoms with Gasteiger partial charge >= 0.3 is 0 Å². The minimum atomic E-state index is -0.107. The van der Waals surface area contributed by atoms with Crippen LogP contribution in [0.15, 0.2) is 24.3 Å². The molecule has 4 nitrogen and oxygen atoms in total. The van der Waals surface area contributed by atoms with E-state index in [0.717, 1.165) is 37.4 Å². The van der Waals surface area contributed by atoms with Gasteiger partial charge in [-0.15, -0.1) is 0 Å². The predicted molar refractivity (Wildman–Crippen MR) is 77.7 cm³/mol. The van der Waals surface area contributed by atoms with Crippen molar-refractivity contribution in [3.05, 3.63) is 29.0 Å². The number of para-hydroxylation sites is 2. The number of benzene rings is 1. The van der Waals surface area contributed by atoms with E-state index >= 15 is 0 Å². The fourth-order valence-corrected chi connectivity index (χ4v) is 3.17. The van der Waals surface area contributed by atoms with Crippen molar-refractivity contribution in [2.24, 2.45) is 7.05 Å². The predicted octanol–water partition coefficient (Wildman–Crippen LogP) is 0.706. The van der Waals surface area contributed by atoms with Crippen molar-refractivity contribution in [3.63, 3.8) is 0 Å². The summed E-state index contributed by atoms with van der Waals surface area (Å²) in [6.07, 6.45) is 1.69. The van der Waals surface area contributed by atoms with Crippen LogP contribution in [0.3, 0.4) is 0 Å². The van der Waals surface area contributed by atoms with Gasteiger partial charge in [0.2, 0.25) is 0 Å². The molecule has 0 unspecified atom stereocenters. The molecule has 1 aliphatic rings. The molecule has 0 aliphatic carbocycles. The van der Waals surface area contributed by atoms with Crippen molar-refractivity contribution >= 4 is 23.3 Å². The summed E-state index contributed by atoms with van der Waals surface area (Å²) in [5.74, 6) is 0. The molecule has 102 valence electrons. The van der Waals surface area contributed by atoms with Gasteiger partial charge in [0.1, 0.15) is 0 Å². The summed E-state index contributed by atoms with van der Waals surface area (Å²) in [6.45, 7) is 2.94. The minimum absolute atomic E-state index is 0.107. The molecule has 1 aromatic heterocycles. The maximum atomic E-state index is 9.58. The minimum Gasteiger partial charge on any atom is -0.393 e. The number of aryl methyl sites for hydroxylation is 1. The van der Waals surface area contributed by atoms with Gasteiger partial charge in [0.15, 0.2) is 11.4 Å². The summed E-state index contributed by atoms with van der Waals surface area (Å²) in [4.78, 5) is 1.50. The largest absolute Gasteiger partial charge is 0.393 e. The number of likely N-dealkylation sites (tertiary alicyclic amines) is 1. The SMILES string of the molecule is Cn1c(=S)n(C[NH+]2CCC(O)CC2)c2ccccc21. The molecule has 19 heavy (non-hydrogen) atoms. The van der Waals surface area contributed by atoms with E-state index in [4.69, 9.17) is 12.2 Å². The van der Waals surface area contributed by atoms with Crippen LogP contribution < -0.4 is 4.90 Å². The van der Waals surface area contributed by atoms with Crippen LogP contribution in [-0.2, 0) is 13.7 Å². The van der Waals surface area contributed by atoms with E-state index in [1.807, 2.05) is 13.1 Å². The summed E-state index contributed by atoms with van der Waals surface area (Å²) in [5.41, 5.74) is 2.39. The summed E-state index contributed by atoms with van der Waals surface area (Å²) in [5, 5.41) is 9.58. The molecule has 1 saturated heterocycles. The lowest BCUT2D eigenvalue weighted by Crippen LogP contribution is -3.12. The lowest BCUT2D eigenvalue weighted by molar-refractivity contribution is -0.928. The molecule has 2 heterocycles. The molecule has 3 rings (SSSR count). The number of hydrogen-bond donors (Lipinski definition) is 2. The zero-order chi connectivity index (χ0) is 13.4. The zero-order valence-corrected chi connectivity index (χ0v) is 12.0. The molecule has 5 heteroatoms. The topological polar surface area (TPSA) is 34.5 Å². The van der Waals surface area contributed by atoms with Crippen molar-refractivity contribution in [1.82, 2.24) is 9.13 Å². The fraction of sp³-hybridized carbons (Fsp3) is 0.500. The Morgan fingerprint density at radius 2 is 1.89 bits per heavy atom. The molecule has 2 N–H and O–H groups in total. The second-order valence-corrected chi connectivity index (χ2v) is 5.76. The van der Waals surface area contributed by atoms with Crippen LogP contribution in [0, 0.1) is 4.77 Å². The van der Waals surface area contributed by atoms with Crippen molar-refractivity contribution in [1.29, 1.82) is 0 Å². The van der Waals surface area contributed by atoms with Gasteiger partial charge in [0, 0.05) is 19.9 Å². The molecule has 2 aromatic rings. The molecule has 0 radical (unpaired) electrons. The van der Waals surface area contributed by atoms with Gasteiger partial charge in [0.05, 0.1) is 30.2 Å². The van der Waals surface area contributed by atoms with Crippen molar-refractivity contribution in [3.8, 4) is 0 Å². The number of quaternary nitrogens is 1. The Hall–Kier alpha value is -1.17. The standard InChI is InChI=1S/C14H19N3OS/c1-15-12-4-2-3-5-13(12)17(14(15)19)10-16-8-6-11(18)7-9-16/h2-5,11,18H,6-10H2,1H3/p+1. The quantitative estimate of drug-likeness (QED) is 0.793. The first-order chi connectivity index (χ1) is 9.16. The Morgan fingerprint density at radius 3 is 2.58 bits per heavy atom. The molecule has 1 aliphatic heterocycles. The monoisotopic (exact) mass is 278 g/mol. The highest BCUT2D eigenvalue weighted by atomic mass is 32.1. The molecular formula is C14H20N3OS+. The van der Waals surface area contributed by atoms with Crippen LogP contribution in [0.1, 0.15) is 12.8 Å². The number of aromatic nitrogens is 2. The average molecular weight is 278 g/mol. The van der Waals surface area contributed by atoms with E-state index in [9.17, 15) is 5.11 Å². The molecule has 0 amide bonds. The fourth-order valence-electron chi connectivity index (χ4n) is 2.91. The summed E-state index contributed by atoms with van der Waals surface area (Å²) >= 11 is 5.55. The number of rotatable bonds is 2. The molecule has 0 bridgehead atoms. The second kappa shape index (κ2) is 5.07. The number of hydrogen-bond acceptors (Lipinski definition) is 2. The van der Waals surface area contributed by atoms with Crippen molar-refractivity contribution in [2.75, 3.05) is 13.1 Å². The molecule has 0 saturated carbocycles. The van der Waals surface area contributed by atoms with Gasteiger partial charge in [0.25, 0.3) is 0 Å². The highest BCUT2D eigenvalue weighted by Gasteiger charge is 2.21. The van der Waals surface area contributed by atoms with E-state index in [1.54, 1.807) is 0 Å². The second-order valence-electron chi connectivity index (χ2n) is 5.40. The maximum Gasteiger partial charge on any atom is 0.184 e. The molecular weight excluding hydrogens is 258 g/mol. The number of fused-ring (bicyclic) bond motifs is 1. The van der Waals surface area contributed by atoms with Crippen LogP contribution in [0.5, 0.6) is 0 Å². The molecule has 1 aromatic carbocycles. The van der Waals surface area contributed by atoms with E-state index in [1.165, 1.54) is 15.9 Å². The van der Waals surface area contributed by atoms with Crippen LogP contribution in [0.4, 0.5) is 0 Å². The van der Waals surface area contributed by atoms with Gasteiger partial charge in [-0.25, -0.2) is 0 Å². The number of piperidine rings is 1. The number of imidazole rings is 1. The van der Waals surface area contributed by atoms with E-state index in [2.05, 4.69) is 27.3 Å². The van der Waals surface area contributed by atoms with E-state index in [-0.39, 0.29) is 6.10 Å². The summed E-state index contributed by atoms with van der Waals surface area (Å²) < 4.78 is 5.17. The third-order valence-corrected chi connectivity index (χ3v) is 4.59. The Morgan fingerprint density at radius 1 is 1.26 bits per heavy atom. The van der Waals surface area contributed by atoms with Gasteiger partial charge in [-0.2, -0.15) is 0 Å². The van der Waals surface area contributed by atoms with Crippen LogP contribution >= 0.6 is 12.2 Å². The molecule has 1 fully saturated rings. The first-order valence-electron chi connectivity index (χ1n) is 6.82. The third-order valence-electron chi connectivity index (χ3n) is 4.10. The molecule has 0 spiro atoms. The first kappa shape index (κ1) is 12.8. The Labute approximate surface area is 117 Å². The highest BCUT2D eigenvalue weighted by Crippen LogP contribution is 2.15. The van der Waals surface area contributed by atoms with Crippen LogP contribution in [-0.4, -0.2) is 33.4 Å². The average Bonchev–Trinajstić information content (AvgIpc) is 2.67. The summed E-state index contributed by atoms with van der Waals surface area (Å²) in [6, 6.07) is 8.34. The number of nitrogens with one attached hydrogen (secondary N) is 1. The van der Waals surface area contributed by atoms with E-state index in [0.29, 0.717) is 0 Å². The van der Waals surface area contributed by atoms with Gasteiger partial charge < -0.3 is 14.6 Å². The molecule has 0 atom stereocenters. The number of nitrogens with zero attached hydrogens (tertiary/aromatic N) is 2. The van der Waals surface area contributed by atoms with E-state index < -0.39 is 0 Å². The van der Waals surface area contributed by atoms with Crippen molar-refractivity contribution in [2.45, 2.75) is 25.6 Å². The summed E-state index contributed by atoms with van der Waals surface area (Å²) in [7, 11) is 2.02. The van der Waals surface area contributed by atoms with Gasteiger partial charge in [-0.05, 0) is 24.4 Å². The smallest absolute Gasteiger partial charge is 0.184 e. The van der Waals surface area contributed by atoms with Crippen LogP contribution in [0.25, 0.3) is 11.0 Å². The zero-order valence-electron chi connectivity index (χ0n) is 11.2. The Balaban J connectivity index is 1.93. The third kappa shape index (κ3) is 2.33. The Bertz CT molecular complexity index is 638. The Kier molecular flexibility index (Phi) is 3.43. The highest BCUT2D eigenvalue weighted by molar-refractivity contribution is 7.71. The van der Waals surface area contributed by atoms with Gasteiger partial charge in [-0.1, -0.05) is 12.1 Å². The lowest BCUT2D eigenvalue weighted by Gasteiger charge is -2.26. The normalized spacial score (nSPS) is 23.9. The van der Waals surface area contributed by atoms with Crippen LogP contribution in [0.2, 0.25) is 0 Å².